The van der Waals surface area contributed by atoms with E-state index in [9.17, 15) is 15.3 Å². The first-order valence-electron chi connectivity index (χ1n) is 4.96. The first-order chi connectivity index (χ1) is 5.88. The molecule has 0 aromatic heterocycles. The van der Waals surface area contributed by atoms with Gasteiger partial charge in [-0.2, -0.15) is 0 Å². The molecule has 3 nitrogen and oxygen atoms in total. The normalized spacial score (nSPS) is 46.8. The molecule has 4 atom stereocenters. The highest BCUT2D eigenvalue weighted by Crippen LogP contribution is 2.37. The highest BCUT2D eigenvalue weighted by atomic mass is 16.3. The summed E-state index contributed by atoms with van der Waals surface area (Å²) in [6.45, 7) is 5.70. The molecule has 3 N–H and O–H groups in total. The van der Waals surface area contributed by atoms with Gasteiger partial charge in [-0.25, -0.2) is 0 Å². The molecule has 1 aliphatic rings. The van der Waals surface area contributed by atoms with Gasteiger partial charge in [0.05, 0.1) is 17.8 Å². The number of hydrogen-bond acceptors (Lipinski definition) is 3. The van der Waals surface area contributed by atoms with Gasteiger partial charge in [-0.15, -0.1) is 0 Å². The molecule has 78 valence electrons. The molecule has 3 heteroatoms. The zero-order valence-corrected chi connectivity index (χ0v) is 8.57. The summed E-state index contributed by atoms with van der Waals surface area (Å²) in [5.74, 6) is 0.0910. The van der Waals surface area contributed by atoms with E-state index in [0.29, 0.717) is 6.42 Å². The van der Waals surface area contributed by atoms with Crippen LogP contribution in [0.2, 0.25) is 0 Å². The van der Waals surface area contributed by atoms with Crippen molar-refractivity contribution < 1.29 is 15.3 Å². The predicted octanol–water partition coefficient (Wildman–Crippen LogP) is 0.525. The minimum absolute atomic E-state index is 0.0254. The smallest absolute Gasteiger partial charge is 0.0932 e. The lowest BCUT2D eigenvalue weighted by molar-refractivity contribution is -0.164. The van der Waals surface area contributed by atoms with Crippen LogP contribution in [-0.4, -0.2) is 33.1 Å². The van der Waals surface area contributed by atoms with Crippen LogP contribution in [0.3, 0.4) is 0 Å². The Bertz CT molecular complexity index is 181. The average Bonchev–Trinajstić information content (AvgIpc) is 2.01. The lowest BCUT2D eigenvalue weighted by Crippen LogP contribution is -2.54. The van der Waals surface area contributed by atoms with E-state index in [1.807, 2.05) is 20.8 Å². The summed E-state index contributed by atoms with van der Waals surface area (Å²) >= 11 is 0. The standard InChI is InChI=1S/C10H20O3/c1-6(2)10(13)5-7(3)8(11)4-9(10)12/h6-9,11-13H,4-5H2,1-3H3. The third-order valence-electron chi connectivity index (χ3n) is 3.35. The van der Waals surface area contributed by atoms with Crippen LogP contribution in [0.25, 0.3) is 0 Å². The van der Waals surface area contributed by atoms with E-state index in [-0.39, 0.29) is 18.3 Å². The highest BCUT2D eigenvalue weighted by Gasteiger charge is 2.45. The van der Waals surface area contributed by atoms with Gasteiger partial charge in [-0.05, 0) is 18.3 Å². The molecule has 0 radical (unpaired) electrons. The summed E-state index contributed by atoms with van der Waals surface area (Å²) in [5.41, 5.74) is -1.02. The van der Waals surface area contributed by atoms with E-state index >= 15 is 0 Å². The average molecular weight is 188 g/mol. The van der Waals surface area contributed by atoms with Crippen LogP contribution in [0.5, 0.6) is 0 Å². The second-order valence-electron chi connectivity index (χ2n) is 4.65. The maximum atomic E-state index is 10.1. The van der Waals surface area contributed by atoms with E-state index in [1.54, 1.807) is 0 Å². The second kappa shape index (κ2) is 3.56. The van der Waals surface area contributed by atoms with Gasteiger partial charge in [-0.3, -0.25) is 0 Å². The summed E-state index contributed by atoms with van der Waals surface area (Å²) in [7, 11) is 0. The van der Waals surface area contributed by atoms with Crippen LogP contribution < -0.4 is 0 Å². The number of rotatable bonds is 1. The third-order valence-corrected chi connectivity index (χ3v) is 3.35. The molecule has 1 fully saturated rings. The molecule has 0 aromatic rings. The minimum Gasteiger partial charge on any atom is -0.393 e. The molecular formula is C10H20O3. The topological polar surface area (TPSA) is 60.7 Å². The molecule has 1 aliphatic carbocycles. The molecule has 0 saturated heterocycles. The zero-order chi connectivity index (χ0) is 10.2. The van der Waals surface area contributed by atoms with Crippen molar-refractivity contribution in [2.45, 2.75) is 51.4 Å². The molecule has 0 amide bonds. The van der Waals surface area contributed by atoms with E-state index in [2.05, 4.69) is 0 Å². The van der Waals surface area contributed by atoms with E-state index in [4.69, 9.17) is 0 Å². The third kappa shape index (κ3) is 1.87. The van der Waals surface area contributed by atoms with Gasteiger partial charge in [0.15, 0.2) is 0 Å². The van der Waals surface area contributed by atoms with Crippen molar-refractivity contribution in [1.29, 1.82) is 0 Å². The van der Waals surface area contributed by atoms with Gasteiger partial charge in [-0.1, -0.05) is 20.8 Å². The van der Waals surface area contributed by atoms with E-state index < -0.39 is 17.8 Å². The molecule has 0 aliphatic heterocycles. The molecule has 0 aromatic carbocycles. The Kier molecular flexibility index (Phi) is 3.00. The summed E-state index contributed by atoms with van der Waals surface area (Å²) in [6, 6.07) is 0. The highest BCUT2D eigenvalue weighted by molar-refractivity contribution is 4.97. The Labute approximate surface area is 79.4 Å². The summed E-state index contributed by atoms with van der Waals surface area (Å²) < 4.78 is 0. The van der Waals surface area contributed by atoms with Crippen LogP contribution in [0, 0.1) is 11.8 Å². The van der Waals surface area contributed by atoms with Crippen molar-refractivity contribution in [3.05, 3.63) is 0 Å². The molecule has 4 unspecified atom stereocenters. The summed E-state index contributed by atoms with van der Waals surface area (Å²) in [5, 5.41) is 29.3. The van der Waals surface area contributed by atoms with E-state index in [1.165, 1.54) is 0 Å². The summed E-state index contributed by atoms with van der Waals surface area (Å²) in [6.07, 6.45) is -0.504. The molecule has 13 heavy (non-hydrogen) atoms. The van der Waals surface area contributed by atoms with Crippen LogP contribution in [0.15, 0.2) is 0 Å². The molecule has 0 heterocycles. The fraction of sp³-hybridized carbons (Fsp3) is 1.00. The lowest BCUT2D eigenvalue weighted by atomic mass is 9.70. The second-order valence-corrected chi connectivity index (χ2v) is 4.65. The molecule has 1 rings (SSSR count). The Balaban J connectivity index is 2.76. The molecule has 1 saturated carbocycles. The van der Waals surface area contributed by atoms with Crippen molar-refractivity contribution >= 4 is 0 Å². The van der Waals surface area contributed by atoms with Crippen LogP contribution in [0.1, 0.15) is 33.6 Å². The molecular weight excluding hydrogens is 168 g/mol. The van der Waals surface area contributed by atoms with Gasteiger partial charge in [0.25, 0.3) is 0 Å². The van der Waals surface area contributed by atoms with Crippen molar-refractivity contribution in [1.82, 2.24) is 0 Å². The van der Waals surface area contributed by atoms with Gasteiger partial charge in [0.1, 0.15) is 0 Å². The van der Waals surface area contributed by atoms with Gasteiger partial charge < -0.3 is 15.3 Å². The lowest BCUT2D eigenvalue weighted by Gasteiger charge is -2.44. The predicted molar refractivity (Wildman–Crippen MR) is 50.2 cm³/mol. The van der Waals surface area contributed by atoms with E-state index in [0.717, 1.165) is 0 Å². The van der Waals surface area contributed by atoms with Crippen molar-refractivity contribution in [3.8, 4) is 0 Å². The maximum absolute atomic E-state index is 10.1. The van der Waals surface area contributed by atoms with Crippen LogP contribution in [-0.2, 0) is 0 Å². The Morgan fingerprint density at radius 3 is 2.31 bits per heavy atom. The maximum Gasteiger partial charge on any atom is 0.0932 e. The monoisotopic (exact) mass is 188 g/mol. The summed E-state index contributed by atoms with van der Waals surface area (Å²) in [4.78, 5) is 0. The Morgan fingerprint density at radius 2 is 1.85 bits per heavy atom. The zero-order valence-electron chi connectivity index (χ0n) is 8.57. The van der Waals surface area contributed by atoms with Gasteiger partial charge in [0.2, 0.25) is 0 Å². The largest absolute Gasteiger partial charge is 0.393 e. The number of aliphatic hydroxyl groups is 3. The first-order valence-corrected chi connectivity index (χ1v) is 4.96. The quantitative estimate of drug-likeness (QED) is 0.562. The van der Waals surface area contributed by atoms with Gasteiger partial charge >= 0.3 is 0 Å². The Morgan fingerprint density at radius 1 is 1.31 bits per heavy atom. The minimum atomic E-state index is -1.02. The van der Waals surface area contributed by atoms with Crippen molar-refractivity contribution in [2.24, 2.45) is 11.8 Å². The van der Waals surface area contributed by atoms with Crippen LogP contribution >= 0.6 is 0 Å². The van der Waals surface area contributed by atoms with Gasteiger partial charge in [0, 0.05) is 6.42 Å². The van der Waals surface area contributed by atoms with Crippen molar-refractivity contribution in [3.63, 3.8) is 0 Å². The molecule has 0 bridgehead atoms. The SMILES string of the molecule is CC1CC(O)(C(C)C)C(O)CC1O. The Hall–Kier alpha value is -0.120. The number of aliphatic hydroxyl groups excluding tert-OH is 2. The first kappa shape index (κ1) is 11.0. The fourth-order valence-corrected chi connectivity index (χ4v) is 2.07. The fourth-order valence-electron chi connectivity index (χ4n) is 2.07. The van der Waals surface area contributed by atoms with Crippen molar-refractivity contribution in [2.75, 3.05) is 0 Å². The number of hydrogen-bond donors (Lipinski definition) is 3. The van der Waals surface area contributed by atoms with Crippen LogP contribution in [0.4, 0.5) is 0 Å². The molecule has 0 spiro atoms.